The van der Waals surface area contributed by atoms with E-state index < -0.39 is 5.97 Å². The first-order valence-electron chi connectivity index (χ1n) is 4.41. The van der Waals surface area contributed by atoms with Crippen molar-refractivity contribution in [2.24, 2.45) is 0 Å². The molecule has 0 bridgehead atoms. The molecule has 0 aliphatic rings. The topological polar surface area (TPSA) is 80.0 Å². The van der Waals surface area contributed by atoms with Gasteiger partial charge in [0.15, 0.2) is 11.5 Å². The first kappa shape index (κ1) is 12.1. The van der Waals surface area contributed by atoms with Crippen molar-refractivity contribution < 1.29 is 24.0 Å². The number of anilines is 1. The smallest absolute Gasteiger partial charge is 0.375 e. The van der Waals surface area contributed by atoms with E-state index in [0.29, 0.717) is 5.75 Å². The fraction of sp³-hybridized carbons (Fsp3) is 0.300. The lowest BCUT2D eigenvalue weighted by atomic mass is 10.1. The molecule has 1 aromatic carbocycles. The van der Waals surface area contributed by atoms with Gasteiger partial charge in [-0.15, -0.1) is 0 Å². The number of nitrogens with two attached hydrogens (primary N) is 1. The van der Waals surface area contributed by atoms with Gasteiger partial charge in [-0.05, 0) is 12.1 Å². The Morgan fingerprint density at radius 1 is 1.19 bits per heavy atom. The van der Waals surface area contributed by atoms with E-state index in [4.69, 9.17) is 15.2 Å². The summed E-state index contributed by atoms with van der Waals surface area (Å²) in [6.07, 6.45) is 0. The Kier molecular flexibility index (Phi) is 3.96. The summed E-state index contributed by atoms with van der Waals surface area (Å²) in [6.45, 7) is 0. The zero-order valence-electron chi connectivity index (χ0n) is 9.27. The van der Waals surface area contributed by atoms with Gasteiger partial charge >= 0.3 is 5.97 Å². The van der Waals surface area contributed by atoms with E-state index in [1.807, 2.05) is 0 Å². The lowest BCUT2D eigenvalue weighted by molar-refractivity contribution is -0.216. The molecule has 0 aliphatic heterocycles. The van der Waals surface area contributed by atoms with Crippen LogP contribution in [0, 0.1) is 0 Å². The maximum absolute atomic E-state index is 11.4. The largest absolute Gasteiger partial charge is 0.493 e. The van der Waals surface area contributed by atoms with Crippen LogP contribution in [-0.2, 0) is 9.78 Å². The molecule has 0 aromatic heterocycles. The molecule has 88 valence electrons. The fourth-order valence-corrected chi connectivity index (χ4v) is 1.25. The van der Waals surface area contributed by atoms with Crippen LogP contribution in [0.25, 0.3) is 0 Å². The molecule has 0 saturated heterocycles. The van der Waals surface area contributed by atoms with Crippen LogP contribution in [0.4, 0.5) is 5.69 Å². The quantitative estimate of drug-likeness (QED) is 0.469. The number of carbonyl (C=O) groups excluding carboxylic acids is 1. The van der Waals surface area contributed by atoms with E-state index in [0.717, 1.165) is 0 Å². The molecule has 0 spiro atoms. The molecule has 0 heterocycles. The van der Waals surface area contributed by atoms with Gasteiger partial charge in [0.1, 0.15) is 0 Å². The minimum Gasteiger partial charge on any atom is -0.493 e. The maximum Gasteiger partial charge on any atom is 0.375 e. The Hall–Kier alpha value is -1.95. The van der Waals surface area contributed by atoms with Gasteiger partial charge in [-0.1, -0.05) is 0 Å². The maximum atomic E-state index is 11.4. The van der Waals surface area contributed by atoms with E-state index in [1.54, 1.807) is 6.07 Å². The SMILES string of the molecule is COOC(=O)c1ccc(OC)c(OC)c1N. The summed E-state index contributed by atoms with van der Waals surface area (Å²) in [7, 11) is 4.14. The molecule has 1 aromatic rings. The number of nitrogen functional groups attached to an aromatic ring is 1. The summed E-state index contributed by atoms with van der Waals surface area (Å²) in [5, 5.41) is 0. The van der Waals surface area contributed by atoms with E-state index >= 15 is 0 Å². The van der Waals surface area contributed by atoms with Gasteiger partial charge in [-0.2, -0.15) is 4.89 Å². The number of hydrogen-bond acceptors (Lipinski definition) is 6. The van der Waals surface area contributed by atoms with Crippen molar-refractivity contribution >= 4 is 11.7 Å². The molecular formula is C10H13NO5. The van der Waals surface area contributed by atoms with Crippen molar-refractivity contribution in [3.05, 3.63) is 17.7 Å². The van der Waals surface area contributed by atoms with Gasteiger partial charge in [0.25, 0.3) is 0 Å². The molecule has 6 heteroatoms. The Morgan fingerprint density at radius 2 is 1.88 bits per heavy atom. The predicted molar refractivity (Wildman–Crippen MR) is 56.4 cm³/mol. The average molecular weight is 227 g/mol. The van der Waals surface area contributed by atoms with Crippen LogP contribution in [0.15, 0.2) is 12.1 Å². The van der Waals surface area contributed by atoms with E-state index in [9.17, 15) is 4.79 Å². The lowest BCUT2D eigenvalue weighted by Crippen LogP contribution is -2.09. The Labute approximate surface area is 92.8 Å². The number of ether oxygens (including phenoxy) is 2. The summed E-state index contributed by atoms with van der Waals surface area (Å²) < 4.78 is 10.1. The molecule has 0 radical (unpaired) electrons. The summed E-state index contributed by atoms with van der Waals surface area (Å²) in [4.78, 5) is 20.0. The van der Waals surface area contributed by atoms with E-state index in [-0.39, 0.29) is 17.0 Å². The Morgan fingerprint density at radius 3 is 2.38 bits per heavy atom. The van der Waals surface area contributed by atoms with Crippen LogP contribution in [0.1, 0.15) is 10.4 Å². The van der Waals surface area contributed by atoms with Gasteiger partial charge < -0.3 is 15.2 Å². The second kappa shape index (κ2) is 5.22. The molecule has 1 rings (SSSR count). The van der Waals surface area contributed by atoms with Crippen molar-refractivity contribution in [1.82, 2.24) is 0 Å². The normalized spacial score (nSPS) is 9.69. The van der Waals surface area contributed by atoms with Crippen LogP contribution in [0.2, 0.25) is 0 Å². The third-order valence-electron chi connectivity index (χ3n) is 1.96. The van der Waals surface area contributed by atoms with Crippen LogP contribution in [0.3, 0.4) is 0 Å². The van der Waals surface area contributed by atoms with Crippen molar-refractivity contribution in [3.63, 3.8) is 0 Å². The molecule has 2 N–H and O–H groups in total. The first-order valence-corrected chi connectivity index (χ1v) is 4.41. The van der Waals surface area contributed by atoms with Crippen LogP contribution in [-0.4, -0.2) is 27.3 Å². The number of benzene rings is 1. The van der Waals surface area contributed by atoms with Gasteiger partial charge in [-0.3, -0.25) is 4.89 Å². The van der Waals surface area contributed by atoms with Crippen LogP contribution >= 0.6 is 0 Å². The highest BCUT2D eigenvalue weighted by Gasteiger charge is 2.18. The minimum atomic E-state index is -0.694. The third kappa shape index (κ3) is 2.17. The summed E-state index contributed by atoms with van der Waals surface area (Å²) >= 11 is 0. The average Bonchev–Trinajstić information content (AvgIpc) is 2.28. The van der Waals surface area contributed by atoms with Gasteiger partial charge in [0.2, 0.25) is 0 Å². The Bertz CT molecular complexity index is 391. The highest BCUT2D eigenvalue weighted by atomic mass is 17.2. The van der Waals surface area contributed by atoms with Crippen LogP contribution in [0.5, 0.6) is 11.5 Å². The van der Waals surface area contributed by atoms with Crippen molar-refractivity contribution in [2.75, 3.05) is 27.1 Å². The zero-order chi connectivity index (χ0) is 12.1. The van der Waals surface area contributed by atoms with Crippen LogP contribution < -0.4 is 15.2 Å². The molecule has 0 saturated carbocycles. The number of hydrogen-bond donors (Lipinski definition) is 1. The minimum absolute atomic E-state index is 0.143. The van der Waals surface area contributed by atoms with Crippen molar-refractivity contribution in [2.45, 2.75) is 0 Å². The molecule has 0 fully saturated rings. The highest BCUT2D eigenvalue weighted by Crippen LogP contribution is 2.35. The van der Waals surface area contributed by atoms with Gasteiger partial charge in [0.05, 0.1) is 32.6 Å². The number of rotatable bonds is 4. The second-order valence-electron chi connectivity index (χ2n) is 2.80. The lowest BCUT2D eigenvalue weighted by Gasteiger charge is -2.12. The summed E-state index contributed by atoms with van der Waals surface area (Å²) in [6, 6.07) is 3.03. The third-order valence-corrected chi connectivity index (χ3v) is 1.96. The Balaban J connectivity index is 3.18. The zero-order valence-corrected chi connectivity index (χ0v) is 9.27. The van der Waals surface area contributed by atoms with E-state index in [2.05, 4.69) is 9.78 Å². The van der Waals surface area contributed by atoms with Gasteiger partial charge in [-0.25, -0.2) is 4.79 Å². The highest BCUT2D eigenvalue weighted by molar-refractivity contribution is 5.97. The molecule has 0 aliphatic carbocycles. The second-order valence-corrected chi connectivity index (χ2v) is 2.80. The summed E-state index contributed by atoms with van der Waals surface area (Å²) in [5.41, 5.74) is 6.03. The molecule has 0 atom stereocenters. The predicted octanol–water partition coefficient (Wildman–Crippen LogP) is 1.00. The molecule has 0 unspecified atom stereocenters. The van der Waals surface area contributed by atoms with Gasteiger partial charge in [0, 0.05) is 0 Å². The molecule has 6 nitrogen and oxygen atoms in total. The monoisotopic (exact) mass is 227 g/mol. The van der Waals surface area contributed by atoms with E-state index in [1.165, 1.54) is 27.4 Å². The molecule has 16 heavy (non-hydrogen) atoms. The molecule has 0 amide bonds. The fourth-order valence-electron chi connectivity index (χ4n) is 1.25. The molecular weight excluding hydrogens is 214 g/mol. The summed E-state index contributed by atoms with van der Waals surface area (Å²) in [5.74, 6) is 0.0305. The standard InChI is InChI=1S/C10H13NO5/c1-13-7-5-4-6(10(12)16-15-3)8(11)9(7)14-2/h4-5H,11H2,1-3H3. The first-order chi connectivity index (χ1) is 7.65. The van der Waals surface area contributed by atoms with Crippen molar-refractivity contribution in [1.29, 1.82) is 0 Å². The number of carbonyl (C=O) groups is 1. The number of methoxy groups -OCH3 is 2. The van der Waals surface area contributed by atoms with Crippen molar-refractivity contribution in [3.8, 4) is 11.5 Å².